The first-order chi connectivity index (χ1) is 12.5. The Morgan fingerprint density at radius 2 is 1.92 bits per heavy atom. The predicted molar refractivity (Wildman–Crippen MR) is 99.2 cm³/mol. The number of amides is 1. The molecule has 8 heteroatoms. The van der Waals surface area contributed by atoms with E-state index in [0.29, 0.717) is 33.1 Å². The number of ether oxygens (including phenoxy) is 2. The number of hydrogen-bond donors (Lipinski definition) is 1. The van der Waals surface area contributed by atoms with Gasteiger partial charge in [0, 0.05) is 16.8 Å². The Kier molecular flexibility index (Phi) is 5.09. The number of benzene rings is 2. The van der Waals surface area contributed by atoms with Crippen LogP contribution in [0.4, 0.5) is 5.69 Å². The molecule has 2 aromatic carbocycles. The SMILES string of the molecule is COc1ccc(NC(=O)Cn2cnc3ccc(Cl)cc3c2=O)cc1OC. The number of rotatable bonds is 5. The minimum Gasteiger partial charge on any atom is -0.493 e. The lowest BCUT2D eigenvalue weighted by atomic mass is 10.2. The van der Waals surface area contributed by atoms with Crippen LogP contribution in [-0.2, 0) is 11.3 Å². The summed E-state index contributed by atoms with van der Waals surface area (Å²) in [7, 11) is 3.04. The lowest BCUT2D eigenvalue weighted by Crippen LogP contribution is -2.27. The highest BCUT2D eigenvalue weighted by Gasteiger charge is 2.11. The van der Waals surface area contributed by atoms with Crippen molar-refractivity contribution in [1.82, 2.24) is 9.55 Å². The lowest BCUT2D eigenvalue weighted by molar-refractivity contribution is -0.116. The quantitative estimate of drug-likeness (QED) is 0.743. The molecule has 1 amide bonds. The van der Waals surface area contributed by atoms with Crippen LogP contribution in [0.5, 0.6) is 11.5 Å². The molecule has 0 aliphatic heterocycles. The average molecular weight is 374 g/mol. The highest BCUT2D eigenvalue weighted by molar-refractivity contribution is 6.31. The normalized spacial score (nSPS) is 10.6. The smallest absolute Gasteiger partial charge is 0.261 e. The molecule has 3 rings (SSSR count). The number of aromatic nitrogens is 2. The van der Waals surface area contributed by atoms with Crippen LogP contribution in [0.25, 0.3) is 10.9 Å². The molecular weight excluding hydrogens is 358 g/mol. The first-order valence-electron chi connectivity index (χ1n) is 7.68. The third-order valence-electron chi connectivity index (χ3n) is 3.77. The Balaban J connectivity index is 1.81. The monoisotopic (exact) mass is 373 g/mol. The number of halogens is 1. The van der Waals surface area contributed by atoms with E-state index in [2.05, 4.69) is 10.3 Å². The number of carbonyl (C=O) groups is 1. The molecule has 0 aliphatic rings. The van der Waals surface area contributed by atoms with Gasteiger partial charge in [0.1, 0.15) is 6.54 Å². The Bertz CT molecular complexity index is 1030. The molecule has 0 spiro atoms. The zero-order chi connectivity index (χ0) is 18.7. The molecule has 0 aliphatic carbocycles. The van der Waals surface area contributed by atoms with Gasteiger partial charge in [-0.05, 0) is 30.3 Å². The second-order valence-electron chi connectivity index (χ2n) is 5.46. The van der Waals surface area contributed by atoms with Crippen LogP contribution in [-0.4, -0.2) is 29.7 Å². The van der Waals surface area contributed by atoms with Gasteiger partial charge in [-0.1, -0.05) is 11.6 Å². The van der Waals surface area contributed by atoms with Crippen LogP contribution in [0.15, 0.2) is 47.5 Å². The Labute approximate surface area is 154 Å². The van der Waals surface area contributed by atoms with Gasteiger partial charge in [-0.2, -0.15) is 0 Å². The summed E-state index contributed by atoms with van der Waals surface area (Å²) in [6.45, 7) is -0.178. The van der Waals surface area contributed by atoms with E-state index in [-0.39, 0.29) is 18.0 Å². The fourth-order valence-electron chi connectivity index (χ4n) is 2.51. The van der Waals surface area contributed by atoms with E-state index in [4.69, 9.17) is 21.1 Å². The lowest BCUT2D eigenvalue weighted by Gasteiger charge is -2.11. The molecule has 26 heavy (non-hydrogen) atoms. The van der Waals surface area contributed by atoms with Gasteiger partial charge in [-0.25, -0.2) is 4.98 Å². The highest BCUT2D eigenvalue weighted by atomic mass is 35.5. The Morgan fingerprint density at radius 3 is 2.65 bits per heavy atom. The summed E-state index contributed by atoms with van der Waals surface area (Å²) < 4.78 is 11.6. The molecule has 1 N–H and O–H groups in total. The summed E-state index contributed by atoms with van der Waals surface area (Å²) in [5.41, 5.74) is 0.716. The number of methoxy groups -OCH3 is 2. The molecule has 1 heterocycles. The molecule has 0 saturated carbocycles. The van der Waals surface area contributed by atoms with Gasteiger partial charge < -0.3 is 14.8 Å². The Morgan fingerprint density at radius 1 is 1.15 bits per heavy atom. The van der Waals surface area contributed by atoms with Crippen LogP contribution in [0, 0.1) is 0 Å². The molecule has 0 unspecified atom stereocenters. The van der Waals surface area contributed by atoms with Crippen LogP contribution < -0.4 is 20.3 Å². The largest absolute Gasteiger partial charge is 0.493 e. The maximum Gasteiger partial charge on any atom is 0.261 e. The molecular formula is C18H16ClN3O4. The fraction of sp³-hybridized carbons (Fsp3) is 0.167. The van der Waals surface area contributed by atoms with Crippen molar-refractivity contribution in [2.24, 2.45) is 0 Å². The van der Waals surface area contributed by atoms with Crippen molar-refractivity contribution in [3.8, 4) is 11.5 Å². The second kappa shape index (κ2) is 7.45. The minimum absolute atomic E-state index is 0.178. The number of hydrogen-bond acceptors (Lipinski definition) is 5. The zero-order valence-electron chi connectivity index (χ0n) is 14.2. The summed E-state index contributed by atoms with van der Waals surface area (Å²) >= 11 is 5.93. The van der Waals surface area contributed by atoms with Gasteiger partial charge in [0.05, 0.1) is 31.4 Å². The van der Waals surface area contributed by atoms with Gasteiger partial charge >= 0.3 is 0 Å². The predicted octanol–water partition coefficient (Wildman–Crippen LogP) is 2.71. The van der Waals surface area contributed by atoms with Gasteiger partial charge in [-0.15, -0.1) is 0 Å². The third-order valence-corrected chi connectivity index (χ3v) is 4.00. The first-order valence-corrected chi connectivity index (χ1v) is 8.06. The van der Waals surface area contributed by atoms with Crippen LogP contribution in [0.3, 0.4) is 0 Å². The van der Waals surface area contributed by atoms with E-state index in [1.807, 2.05) is 0 Å². The molecule has 134 valence electrons. The van der Waals surface area contributed by atoms with Crippen molar-refractivity contribution in [3.63, 3.8) is 0 Å². The average Bonchev–Trinajstić information content (AvgIpc) is 2.64. The van der Waals surface area contributed by atoms with Gasteiger partial charge in [0.15, 0.2) is 11.5 Å². The summed E-state index contributed by atoms with van der Waals surface area (Å²) in [6.07, 6.45) is 1.34. The summed E-state index contributed by atoms with van der Waals surface area (Å²) in [5.74, 6) is 0.671. The maximum absolute atomic E-state index is 12.5. The number of carbonyl (C=O) groups excluding carboxylic acids is 1. The Hall–Kier alpha value is -3.06. The van der Waals surface area contributed by atoms with E-state index in [0.717, 1.165) is 0 Å². The van der Waals surface area contributed by atoms with Gasteiger partial charge in [0.2, 0.25) is 5.91 Å². The van der Waals surface area contributed by atoms with E-state index >= 15 is 0 Å². The molecule has 0 bridgehead atoms. The van der Waals surface area contributed by atoms with Crippen molar-refractivity contribution >= 4 is 34.1 Å². The van der Waals surface area contributed by atoms with Crippen molar-refractivity contribution in [2.45, 2.75) is 6.54 Å². The summed E-state index contributed by atoms with van der Waals surface area (Å²) in [4.78, 5) is 29.0. The molecule has 0 saturated heterocycles. The molecule has 1 aromatic heterocycles. The molecule has 0 radical (unpaired) electrons. The van der Waals surface area contributed by atoms with Crippen molar-refractivity contribution in [2.75, 3.05) is 19.5 Å². The molecule has 7 nitrogen and oxygen atoms in total. The van der Waals surface area contributed by atoms with E-state index in [1.54, 1.807) is 30.3 Å². The molecule has 0 fully saturated rings. The summed E-state index contributed by atoms with van der Waals surface area (Å²) in [6, 6.07) is 9.85. The fourth-order valence-corrected chi connectivity index (χ4v) is 2.69. The number of nitrogens with one attached hydrogen (secondary N) is 1. The van der Waals surface area contributed by atoms with Crippen LogP contribution in [0.2, 0.25) is 5.02 Å². The van der Waals surface area contributed by atoms with E-state index in [1.165, 1.54) is 31.2 Å². The molecule has 0 atom stereocenters. The maximum atomic E-state index is 12.5. The van der Waals surface area contributed by atoms with Crippen molar-refractivity contribution in [1.29, 1.82) is 0 Å². The van der Waals surface area contributed by atoms with Crippen molar-refractivity contribution < 1.29 is 14.3 Å². The number of nitrogens with zero attached hydrogens (tertiary/aromatic N) is 2. The highest BCUT2D eigenvalue weighted by Crippen LogP contribution is 2.29. The van der Waals surface area contributed by atoms with Gasteiger partial charge in [-0.3, -0.25) is 14.2 Å². The molecule has 3 aromatic rings. The van der Waals surface area contributed by atoms with Crippen molar-refractivity contribution in [3.05, 3.63) is 58.1 Å². The van der Waals surface area contributed by atoms with Crippen LogP contribution >= 0.6 is 11.6 Å². The third kappa shape index (κ3) is 3.62. The number of fused-ring (bicyclic) bond motifs is 1. The van der Waals surface area contributed by atoms with Gasteiger partial charge in [0.25, 0.3) is 5.56 Å². The standard InChI is InChI=1S/C18H16ClN3O4/c1-25-15-6-4-12(8-16(15)26-2)21-17(23)9-22-10-20-14-5-3-11(19)7-13(14)18(22)24/h3-8,10H,9H2,1-2H3,(H,21,23). The zero-order valence-corrected chi connectivity index (χ0v) is 14.9. The summed E-state index contributed by atoms with van der Waals surface area (Å²) in [5, 5.41) is 3.51. The first kappa shape index (κ1) is 17.8. The number of anilines is 1. The topological polar surface area (TPSA) is 82.5 Å². The van der Waals surface area contributed by atoms with Crippen LogP contribution in [0.1, 0.15) is 0 Å². The second-order valence-corrected chi connectivity index (χ2v) is 5.89. The van der Waals surface area contributed by atoms with E-state index < -0.39 is 0 Å². The minimum atomic E-state index is -0.373. The van der Waals surface area contributed by atoms with E-state index in [9.17, 15) is 9.59 Å².